The van der Waals surface area contributed by atoms with Crippen molar-refractivity contribution < 1.29 is 0 Å². The molecule has 0 saturated heterocycles. The third-order valence-corrected chi connectivity index (χ3v) is 3.56. The third-order valence-electron chi connectivity index (χ3n) is 3.07. The quantitative estimate of drug-likeness (QED) is 0.624. The van der Waals surface area contributed by atoms with Crippen molar-refractivity contribution in [1.82, 2.24) is 5.43 Å². The number of rotatable bonds is 1. The van der Waals surface area contributed by atoms with Crippen molar-refractivity contribution in [2.75, 3.05) is 6.54 Å². The number of nitrogens with two attached hydrogens (primary N) is 1. The first kappa shape index (κ1) is 13.0. The summed E-state index contributed by atoms with van der Waals surface area (Å²) >= 11 is 3.50. The van der Waals surface area contributed by atoms with Crippen molar-refractivity contribution in [1.29, 1.82) is 0 Å². The maximum atomic E-state index is 5.48. The molecule has 0 aromatic heterocycles. The SMILES string of the molecule is NNC1=Nc2ccc(Br)cc2C(c2ccccc2)=NC1. The number of hydrazine groups is 1. The van der Waals surface area contributed by atoms with E-state index < -0.39 is 0 Å². The van der Waals surface area contributed by atoms with Crippen LogP contribution >= 0.6 is 15.9 Å². The fraction of sp³-hybridized carbons (Fsp3) is 0.0667. The van der Waals surface area contributed by atoms with Crippen LogP contribution < -0.4 is 11.3 Å². The van der Waals surface area contributed by atoms with Gasteiger partial charge in [0.05, 0.1) is 17.9 Å². The van der Waals surface area contributed by atoms with E-state index in [1.807, 2.05) is 48.5 Å². The van der Waals surface area contributed by atoms with Crippen LogP contribution in [0.1, 0.15) is 11.1 Å². The molecule has 3 N–H and O–H groups in total. The molecule has 0 radical (unpaired) electrons. The van der Waals surface area contributed by atoms with Gasteiger partial charge in [-0.15, -0.1) is 0 Å². The smallest absolute Gasteiger partial charge is 0.138 e. The fourth-order valence-electron chi connectivity index (χ4n) is 2.14. The zero-order valence-corrected chi connectivity index (χ0v) is 12.3. The second-order valence-corrected chi connectivity index (χ2v) is 5.31. The molecule has 100 valence electrons. The molecule has 0 spiro atoms. The number of halogens is 1. The Balaban J connectivity index is 2.19. The molecule has 2 aromatic rings. The Kier molecular flexibility index (Phi) is 3.62. The normalized spacial score (nSPS) is 13.9. The number of nitrogens with one attached hydrogen (secondary N) is 1. The lowest BCUT2D eigenvalue weighted by Gasteiger charge is -2.08. The summed E-state index contributed by atoms with van der Waals surface area (Å²) in [5, 5.41) is 0. The van der Waals surface area contributed by atoms with Gasteiger partial charge in [-0.25, -0.2) is 10.8 Å². The van der Waals surface area contributed by atoms with E-state index in [0.29, 0.717) is 12.4 Å². The zero-order valence-electron chi connectivity index (χ0n) is 10.7. The molecule has 0 aliphatic carbocycles. The number of hydrogen-bond acceptors (Lipinski definition) is 4. The first-order valence-electron chi connectivity index (χ1n) is 6.22. The maximum absolute atomic E-state index is 5.48. The lowest BCUT2D eigenvalue weighted by Crippen LogP contribution is -2.32. The minimum Gasteiger partial charge on any atom is -0.310 e. The van der Waals surface area contributed by atoms with E-state index in [1.54, 1.807) is 0 Å². The highest BCUT2D eigenvalue weighted by Gasteiger charge is 2.15. The summed E-state index contributed by atoms with van der Waals surface area (Å²) in [7, 11) is 0. The standard InChI is InChI=1S/C15H13BrN4/c16-11-6-7-13-12(8-11)15(10-4-2-1-3-5-10)18-9-14(19-13)20-17/h1-8H,9,17H2,(H,19,20). The topological polar surface area (TPSA) is 62.8 Å². The largest absolute Gasteiger partial charge is 0.310 e. The van der Waals surface area contributed by atoms with Crippen molar-refractivity contribution in [2.24, 2.45) is 15.8 Å². The first-order valence-corrected chi connectivity index (χ1v) is 7.01. The molecular weight excluding hydrogens is 316 g/mol. The summed E-state index contributed by atoms with van der Waals surface area (Å²) in [5.41, 5.74) is 6.46. The average molecular weight is 329 g/mol. The highest BCUT2D eigenvalue weighted by molar-refractivity contribution is 9.10. The van der Waals surface area contributed by atoms with Crippen molar-refractivity contribution in [2.45, 2.75) is 0 Å². The average Bonchev–Trinajstić information content (AvgIpc) is 2.67. The van der Waals surface area contributed by atoms with Gasteiger partial charge in [0.1, 0.15) is 5.84 Å². The van der Waals surface area contributed by atoms with Crippen LogP contribution in [0.2, 0.25) is 0 Å². The Bertz CT molecular complexity index is 692. The molecule has 0 unspecified atom stereocenters. The molecule has 0 fully saturated rings. The number of fused-ring (bicyclic) bond motifs is 1. The second kappa shape index (κ2) is 5.56. The maximum Gasteiger partial charge on any atom is 0.138 e. The lowest BCUT2D eigenvalue weighted by atomic mass is 10.0. The molecule has 1 aliphatic heterocycles. The van der Waals surface area contributed by atoms with Gasteiger partial charge >= 0.3 is 0 Å². The molecule has 3 rings (SSSR count). The number of amidine groups is 1. The number of hydrogen-bond donors (Lipinski definition) is 2. The number of nitrogens with zero attached hydrogens (tertiary/aromatic N) is 2. The van der Waals surface area contributed by atoms with Gasteiger partial charge in [-0.2, -0.15) is 0 Å². The van der Waals surface area contributed by atoms with Crippen molar-refractivity contribution >= 4 is 33.2 Å². The van der Waals surface area contributed by atoms with Crippen LogP contribution in [0, 0.1) is 0 Å². The first-order chi connectivity index (χ1) is 9.78. The van der Waals surface area contributed by atoms with Gasteiger partial charge in [-0.1, -0.05) is 46.3 Å². The highest BCUT2D eigenvalue weighted by Crippen LogP contribution is 2.28. The van der Waals surface area contributed by atoms with Crippen LogP contribution in [0.15, 0.2) is 63.0 Å². The second-order valence-electron chi connectivity index (χ2n) is 4.40. The monoisotopic (exact) mass is 328 g/mol. The zero-order chi connectivity index (χ0) is 13.9. The molecule has 4 nitrogen and oxygen atoms in total. The minimum atomic E-state index is 0.438. The Morgan fingerprint density at radius 3 is 2.65 bits per heavy atom. The third kappa shape index (κ3) is 2.50. The molecule has 1 heterocycles. The molecule has 0 saturated carbocycles. The van der Waals surface area contributed by atoms with Gasteiger partial charge < -0.3 is 5.43 Å². The number of benzene rings is 2. The molecular formula is C15H13BrN4. The predicted molar refractivity (Wildman–Crippen MR) is 85.5 cm³/mol. The summed E-state index contributed by atoms with van der Waals surface area (Å²) in [4.78, 5) is 9.17. The summed E-state index contributed by atoms with van der Waals surface area (Å²) in [6.45, 7) is 0.438. The van der Waals surface area contributed by atoms with Crippen molar-refractivity contribution in [3.8, 4) is 0 Å². The summed E-state index contributed by atoms with van der Waals surface area (Å²) < 4.78 is 0.999. The summed E-state index contributed by atoms with van der Waals surface area (Å²) in [6, 6.07) is 16.0. The fourth-order valence-corrected chi connectivity index (χ4v) is 2.50. The van der Waals surface area contributed by atoms with Gasteiger partial charge in [0.25, 0.3) is 0 Å². The van der Waals surface area contributed by atoms with Gasteiger partial charge in [-0.05, 0) is 18.2 Å². The van der Waals surface area contributed by atoms with Crippen molar-refractivity contribution in [3.05, 3.63) is 64.1 Å². The van der Waals surface area contributed by atoms with E-state index in [9.17, 15) is 0 Å². The van der Waals surface area contributed by atoms with E-state index >= 15 is 0 Å². The van der Waals surface area contributed by atoms with Crippen LogP contribution in [-0.2, 0) is 0 Å². The van der Waals surface area contributed by atoms with Crippen LogP contribution in [0.5, 0.6) is 0 Å². The van der Waals surface area contributed by atoms with Gasteiger partial charge in [-0.3, -0.25) is 4.99 Å². The van der Waals surface area contributed by atoms with E-state index in [1.165, 1.54) is 0 Å². The molecule has 0 amide bonds. The Morgan fingerprint density at radius 1 is 1.10 bits per heavy atom. The lowest BCUT2D eigenvalue weighted by molar-refractivity contribution is 0.992. The Hall–Kier alpha value is -1.98. The van der Waals surface area contributed by atoms with Gasteiger partial charge in [0.15, 0.2) is 0 Å². The summed E-state index contributed by atoms with van der Waals surface area (Å²) in [5.74, 6) is 6.14. The highest BCUT2D eigenvalue weighted by atomic mass is 79.9. The van der Waals surface area contributed by atoms with Gasteiger partial charge in [0.2, 0.25) is 0 Å². The van der Waals surface area contributed by atoms with E-state index in [4.69, 9.17) is 5.84 Å². The molecule has 0 atom stereocenters. The molecule has 1 aliphatic rings. The van der Waals surface area contributed by atoms with Crippen LogP contribution in [0.25, 0.3) is 0 Å². The molecule has 5 heteroatoms. The van der Waals surface area contributed by atoms with Crippen LogP contribution in [0.3, 0.4) is 0 Å². The number of aliphatic imine (C=N–C) groups is 2. The van der Waals surface area contributed by atoms with E-state index in [-0.39, 0.29) is 0 Å². The van der Waals surface area contributed by atoms with E-state index in [2.05, 4.69) is 31.3 Å². The van der Waals surface area contributed by atoms with Crippen LogP contribution in [0.4, 0.5) is 5.69 Å². The Morgan fingerprint density at radius 2 is 1.90 bits per heavy atom. The molecule has 0 bridgehead atoms. The molecule has 20 heavy (non-hydrogen) atoms. The molecule has 2 aromatic carbocycles. The van der Waals surface area contributed by atoms with Gasteiger partial charge in [0, 0.05) is 15.6 Å². The summed E-state index contributed by atoms with van der Waals surface area (Å²) in [6.07, 6.45) is 0. The predicted octanol–water partition coefficient (Wildman–Crippen LogP) is 2.79. The Labute approximate surface area is 125 Å². The minimum absolute atomic E-state index is 0.438. The van der Waals surface area contributed by atoms with Crippen LogP contribution in [-0.4, -0.2) is 18.1 Å². The van der Waals surface area contributed by atoms with Crippen molar-refractivity contribution in [3.63, 3.8) is 0 Å². The van der Waals surface area contributed by atoms with E-state index in [0.717, 1.165) is 27.0 Å².